The molecule has 6 nitrogen and oxygen atoms in total. The van der Waals surface area contributed by atoms with Crippen LogP contribution in [-0.4, -0.2) is 40.9 Å². The molecule has 1 aromatic carbocycles. The standard InChI is InChI=1S/C14H19FN2O4/c1-14(21,8-12(18)19)9-17-13(20)16-6-5-10-3-2-4-11(15)7-10/h2-4,7,21H,5-6,8-9H2,1H3,(H,18,19)(H2,16,17,20). The van der Waals surface area contributed by atoms with Crippen LogP contribution >= 0.6 is 0 Å². The second kappa shape index (κ2) is 7.58. The highest BCUT2D eigenvalue weighted by Crippen LogP contribution is 2.07. The first-order valence-electron chi connectivity index (χ1n) is 6.49. The zero-order valence-corrected chi connectivity index (χ0v) is 11.7. The van der Waals surface area contributed by atoms with Crippen molar-refractivity contribution < 1.29 is 24.2 Å². The quantitative estimate of drug-likeness (QED) is 0.601. The van der Waals surface area contributed by atoms with Crippen molar-refractivity contribution in [1.82, 2.24) is 10.6 Å². The van der Waals surface area contributed by atoms with Crippen LogP contribution in [0.15, 0.2) is 24.3 Å². The topological polar surface area (TPSA) is 98.7 Å². The molecule has 2 amide bonds. The van der Waals surface area contributed by atoms with Crippen LogP contribution in [0, 0.1) is 5.82 Å². The van der Waals surface area contributed by atoms with Gasteiger partial charge in [0.25, 0.3) is 0 Å². The minimum absolute atomic E-state index is 0.175. The molecule has 21 heavy (non-hydrogen) atoms. The van der Waals surface area contributed by atoms with Crippen LogP contribution in [0.2, 0.25) is 0 Å². The zero-order chi connectivity index (χ0) is 15.9. The van der Waals surface area contributed by atoms with E-state index in [1.165, 1.54) is 19.1 Å². The fourth-order valence-corrected chi connectivity index (χ4v) is 1.73. The molecule has 0 aliphatic heterocycles. The third-order valence-electron chi connectivity index (χ3n) is 2.75. The van der Waals surface area contributed by atoms with Crippen LogP contribution in [-0.2, 0) is 11.2 Å². The number of carboxylic acid groups (broad SMARTS) is 1. The molecule has 0 bridgehead atoms. The van der Waals surface area contributed by atoms with Gasteiger partial charge in [0.15, 0.2) is 0 Å². The minimum Gasteiger partial charge on any atom is -0.481 e. The number of hydrogen-bond acceptors (Lipinski definition) is 3. The van der Waals surface area contributed by atoms with E-state index in [0.717, 1.165) is 5.56 Å². The van der Waals surface area contributed by atoms with Crippen LogP contribution in [0.4, 0.5) is 9.18 Å². The molecule has 1 atom stereocenters. The number of amides is 2. The number of benzene rings is 1. The first kappa shape index (κ1) is 16.9. The summed E-state index contributed by atoms with van der Waals surface area (Å²) in [6.45, 7) is 1.45. The van der Waals surface area contributed by atoms with Crippen molar-refractivity contribution in [1.29, 1.82) is 0 Å². The minimum atomic E-state index is -1.51. The molecule has 0 aliphatic carbocycles. The molecule has 0 fully saturated rings. The van der Waals surface area contributed by atoms with Crippen molar-refractivity contribution in [3.05, 3.63) is 35.6 Å². The molecule has 0 saturated heterocycles. The van der Waals surface area contributed by atoms with Crippen LogP contribution in [0.5, 0.6) is 0 Å². The predicted octanol–water partition coefficient (Wildman–Crippen LogP) is 0.893. The van der Waals surface area contributed by atoms with Gasteiger partial charge in [0.2, 0.25) is 0 Å². The summed E-state index contributed by atoms with van der Waals surface area (Å²) in [6, 6.07) is 5.55. The van der Waals surface area contributed by atoms with E-state index in [1.54, 1.807) is 12.1 Å². The highest BCUT2D eigenvalue weighted by molar-refractivity contribution is 5.74. The summed E-state index contributed by atoms with van der Waals surface area (Å²) >= 11 is 0. The summed E-state index contributed by atoms with van der Waals surface area (Å²) in [4.78, 5) is 22.0. The van der Waals surface area contributed by atoms with E-state index in [9.17, 15) is 19.1 Å². The molecule has 1 rings (SSSR count). The van der Waals surface area contributed by atoms with Crippen LogP contribution < -0.4 is 10.6 Å². The molecule has 4 N–H and O–H groups in total. The highest BCUT2D eigenvalue weighted by Gasteiger charge is 2.24. The van der Waals surface area contributed by atoms with E-state index in [0.29, 0.717) is 13.0 Å². The third kappa shape index (κ3) is 7.26. The number of carboxylic acids is 1. The second-order valence-electron chi connectivity index (χ2n) is 5.06. The maximum atomic E-state index is 12.9. The average Bonchev–Trinajstić information content (AvgIpc) is 2.35. The van der Waals surface area contributed by atoms with Gasteiger partial charge in [-0.2, -0.15) is 0 Å². The van der Waals surface area contributed by atoms with Crippen LogP contribution in [0.3, 0.4) is 0 Å². The molecule has 1 unspecified atom stereocenters. The Bertz CT molecular complexity index is 506. The Morgan fingerprint density at radius 3 is 2.67 bits per heavy atom. The lowest BCUT2D eigenvalue weighted by Crippen LogP contribution is -2.46. The first-order chi connectivity index (χ1) is 9.78. The van der Waals surface area contributed by atoms with Crippen LogP contribution in [0.25, 0.3) is 0 Å². The molecule has 116 valence electrons. The summed E-state index contributed by atoms with van der Waals surface area (Å²) in [6.07, 6.45) is 0.00721. The number of aliphatic carboxylic acids is 1. The fraction of sp³-hybridized carbons (Fsp3) is 0.429. The van der Waals surface area contributed by atoms with Gasteiger partial charge in [0.1, 0.15) is 5.82 Å². The Balaban J connectivity index is 2.27. The molecule has 0 aliphatic rings. The van der Waals surface area contributed by atoms with Crippen molar-refractivity contribution in [2.24, 2.45) is 0 Å². The summed E-state index contributed by atoms with van der Waals surface area (Å²) in [5.74, 6) is -1.48. The van der Waals surface area contributed by atoms with E-state index in [4.69, 9.17) is 5.11 Å². The molecule has 0 radical (unpaired) electrons. The first-order valence-corrected chi connectivity index (χ1v) is 6.49. The number of carbonyl (C=O) groups excluding carboxylic acids is 1. The van der Waals surface area contributed by atoms with Crippen molar-refractivity contribution in [3.63, 3.8) is 0 Å². The lowest BCUT2D eigenvalue weighted by molar-refractivity contribution is -0.141. The maximum absolute atomic E-state index is 12.9. The largest absolute Gasteiger partial charge is 0.481 e. The molecule has 0 heterocycles. The second-order valence-corrected chi connectivity index (χ2v) is 5.06. The van der Waals surface area contributed by atoms with Gasteiger partial charge < -0.3 is 20.8 Å². The molecule has 1 aromatic rings. The Kier molecular flexibility index (Phi) is 6.10. The lowest BCUT2D eigenvalue weighted by atomic mass is 10.0. The van der Waals surface area contributed by atoms with Gasteiger partial charge in [-0.15, -0.1) is 0 Å². The Morgan fingerprint density at radius 1 is 1.33 bits per heavy atom. The molecule has 0 spiro atoms. The molecule has 0 aromatic heterocycles. The van der Waals surface area contributed by atoms with Crippen molar-refractivity contribution in [2.45, 2.75) is 25.4 Å². The van der Waals surface area contributed by atoms with Gasteiger partial charge in [-0.1, -0.05) is 12.1 Å². The Morgan fingerprint density at radius 2 is 2.05 bits per heavy atom. The number of urea groups is 1. The van der Waals surface area contributed by atoms with E-state index in [2.05, 4.69) is 10.6 Å². The highest BCUT2D eigenvalue weighted by atomic mass is 19.1. The summed E-state index contributed by atoms with van der Waals surface area (Å²) in [5.41, 5.74) is -0.751. The summed E-state index contributed by atoms with van der Waals surface area (Å²) < 4.78 is 12.9. The number of carbonyl (C=O) groups is 2. The number of aliphatic hydroxyl groups is 1. The summed E-state index contributed by atoms with van der Waals surface area (Å²) in [5, 5.41) is 23.2. The zero-order valence-electron chi connectivity index (χ0n) is 11.7. The van der Waals surface area contributed by atoms with Gasteiger partial charge in [-0.25, -0.2) is 9.18 Å². The summed E-state index contributed by atoms with van der Waals surface area (Å²) in [7, 11) is 0. The lowest BCUT2D eigenvalue weighted by Gasteiger charge is -2.21. The molecule has 7 heteroatoms. The molecular weight excluding hydrogens is 279 g/mol. The number of halogens is 1. The number of rotatable bonds is 7. The van der Waals surface area contributed by atoms with Gasteiger partial charge in [-0.05, 0) is 31.0 Å². The molecule has 0 saturated carbocycles. The van der Waals surface area contributed by atoms with Crippen molar-refractivity contribution >= 4 is 12.0 Å². The maximum Gasteiger partial charge on any atom is 0.314 e. The van der Waals surface area contributed by atoms with Gasteiger partial charge >= 0.3 is 12.0 Å². The predicted molar refractivity (Wildman–Crippen MR) is 74.4 cm³/mol. The van der Waals surface area contributed by atoms with Gasteiger partial charge in [0.05, 0.1) is 12.0 Å². The normalized spacial score (nSPS) is 13.3. The number of hydrogen-bond donors (Lipinski definition) is 4. The average molecular weight is 298 g/mol. The van der Waals surface area contributed by atoms with E-state index in [1.807, 2.05) is 0 Å². The van der Waals surface area contributed by atoms with E-state index < -0.39 is 24.0 Å². The Labute approximate surface area is 122 Å². The van der Waals surface area contributed by atoms with Crippen molar-refractivity contribution in [2.75, 3.05) is 13.1 Å². The number of nitrogens with one attached hydrogen (secondary N) is 2. The smallest absolute Gasteiger partial charge is 0.314 e. The van der Waals surface area contributed by atoms with Gasteiger partial charge in [-0.3, -0.25) is 4.79 Å². The fourth-order valence-electron chi connectivity index (χ4n) is 1.73. The Hall–Kier alpha value is -2.15. The van der Waals surface area contributed by atoms with Crippen molar-refractivity contribution in [3.8, 4) is 0 Å². The van der Waals surface area contributed by atoms with E-state index in [-0.39, 0.29) is 12.4 Å². The van der Waals surface area contributed by atoms with Gasteiger partial charge in [0, 0.05) is 13.1 Å². The van der Waals surface area contributed by atoms with E-state index >= 15 is 0 Å². The molecular formula is C14H19FN2O4. The van der Waals surface area contributed by atoms with Crippen LogP contribution in [0.1, 0.15) is 18.9 Å². The monoisotopic (exact) mass is 298 g/mol. The third-order valence-corrected chi connectivity index (χ3v) is 2.75. The SMILES string of the molecule is CC(O)(CNC(=O)NCCc1cccc(F)c1)CC(=O)O.